The van der Waals surface area contributed by atoms with E-state index in [9.17, 15) is 9.90 Å². The monoisotopic (exact) mass is 288 g/mol. The predicted molar refractivity (Wildman–Crippen MR) is 84.4 cm³/mol. The number of carbonyl (C=O) groups excluding carboxylic acids is 1. The van der Waals surface area contributed by atoms with Gasteiger partial charge in [0, 0.05) is 30.0 Å². The summed E-state index contributed by atoms with van der Waals surface area (Å²) in [7, 11) is 0. The zero-order valence-corrected chi connectivity index (χ0v) is 12.8. The lowest BCUT2D eigenvalue weighted by Crippen LogP contribution is -2.24. The molecule has 21 heavy (non-hydrogen) atoms. The Morgan fingerprint density at radius 2 is 2.10 bits per heavy atom. The van der Waals surface area contributed by atoms with Crippen molar-refractivity contribution in [1.82, 2.24) is 0 Å². The van der Waals surface area contributed by atoms with Crippen LogP contribution in [0.25, 0.3) is 0 Å². The van der Waals surface area contributed by atoms with Crippen LogP contribution in [0.2, 0.25) is 0 Å². The molecule has 2 aliphatic rings. The topological polar surface area (TPSA) is 52.6 Å². The minimum Gasteiger partial charge on any atom is -0.378 e. The van der Waals surface area contributed by atoms with Gasteiger partial charge in [-0.15, -0.1) is 0 Å². The lowest BCUT2D eigenvalue weighted by atomic mass is 9.89. The Bertz CT molecular complexity index is 542. The van der Waals surface area contributed by atoms with Gasteiger partial charge in [0.1, 0.15) is 0 Å². The summed E-state index contributed by atoms with van der Waals surface area (Å²) in [5.41, 5.74) is 2.60. The van der Waals surface area contributed by atoms with Gasteiger partial charge in [0.2, 0.25) is 0 Å². The van der Waals surface area contributed by atoms with E-state index >= 15 is 0 Å². The molecule has 4 heteroatoms. The maximum atomic E-state index is 11.5. The molecule has 2 atom stereocenters. The summed E-state index contributed by atoms with van der Waals surface area (Å²) in [6, 6.07) is 5.90. The average molecular weight is 288 g/mol. The number of hydrogen-bond donors (Lipinski definition) is 2. The maximum Gasteiger partial charge on any atom is 0.257 e. The molecule has 0 saturated carbocycles. The first-order valence-corrected chi connectivity index (χ1v) is 7.94. The zero-order valence-electron chi connectivity index (χ0n) is 12.8. The highest BCUT2D eigenvalue weighted by molar-refractivity contribution is 6.02. The summed E-state index contributed by atoms with van der Waals surface area (Å²) in [6.07, 6.45) is 2.73. The summed E-state index contributed by atoms with van der Waals surface area (Å²) in [5, 5.41) is 12.5. The molecule has 1 aromatic rings. The fourth-order valence-electron chi connectivity index (χ4n) is 3.48. The smallest absolute Gasteiger partial charge is 0.257 e. The van der Waals surface area contributed by atoms with E-state index in [-0.39, 0.29) is 5.91 Å². The molecule has 2 aliphatic heterocycles. The molecule has 1 saturated heterocycles. The van der Waals surface area contributed by atoms with E-state index in [0.717, 1.165) is 36.3 Å². The Morgan fingerprint density at radius 3 is 2.86 bits per heavy atom. The summed E-state index contributed by atoms with van der Waals surface area (Å²) < 4.78 is 0. The molecule has 1 aromatic carbocycles. The largest absolute Gasteiger partial charge is 0.378 e. The van der Waals surface area contributed by atoms with Gasteiger partial charge in [-0.1, -0.05) is 19.9 Å². The van der Waals surface area contributed by atoms with E-state index in [1.807, 2.05) is 18.2 Å². The minimum atomic E-state index is -1.01. The van der Waals surface area contributed by atoms with Crippen molar-refractivity contribution in [3.05, 3.63) is 23.8 Å². The van der Waals surface area contributed by atoms with E-state index in [1.54, 1.807) is 0 Å². The van der Waals surface area contributed by atoms with Crippen molar-refractivity contribution in [2.24, 2.45) is 11.8 Å². The molecule has 0 aromatic heterocycles. The highest BCUT2D eigenvalue weighted by Crippen LogP contribution is 2.35. The Kier molecular flexibility index (Phi) is 3.89. The Balaban J connectivity index is 1.76. The summed E-state index contributed by atoms with van der Waals surface area (Å²) >= 11 is 0. The van der Waals surface area contributed by atoms with Gasteiger partial charge < -0.3 is 15.3 Å². The number of hydrogen-bond acceptors (Lipinski definition) is 3. The van der Waals surface area contributed by atoms with E-state index < -0.39 is 6.10 Å². The van der Waals surface area contributed by atoms with Gasteiger partial charge in [0.05, 0.1) is 0 Å². The number of anilines is 2. The third-order valence-electron chi connectivity index (χ3n) is 4.92. The van der Waals surface area contributed by atoms with Crippen LogP contribution < -0.4 is 10.2 Å². The van der Waals surface area contributed by atoms with E-state index in [4.69, 9.17) is 0 Å². The van der Waals surface area contributed by atoms with Gasteiger partial charge in [-0.2, -0.15) is 0 Å². The van der Waals surface area contributed by atoms with Crippen molar-refractivity contribution in [3.8, 4) is 0 Å². The van der Waals surface area contributed by atoms with E-state index in [1.165, 1.54) is 19.3 Å². The number of fused-ring (bicyclic) bond motifs is 1. The number of amides is 1. The standard InChI is InChI=1S/C17H24N2O2/c1-11(2)12-4-3-8-19(9-7-12)13-5-6-14-15(10-13)18-17(21)16(14)20/h5-6,10-12,16,20H,3-4,7-9H2,1-2H3,(H,18,21). The molecule has 114 valence electrons. The number of benzene rings is 1. The maximum absolute atomic E-state index is 11.5. The lowest BCUT2D eigenvalue weighted by molar-refractivity contribution is -0.123. The third-order valence-corrected chi connectivity index (χ3v) is 4.92. The van der Waals surface area contributed by atoms with Crippen LogP contribution in [0, 0.1) is 11.8 Å². The van der Waals surface area contributed by atoms with Crippen LogP contribution in [0.1, 0.15) is 44.8 Å². The molecule has 4 nitrogen and oxygen atoms in total. The molecule has 0 spiro atoms. The van der Waals surface area contributed by atoms with Crippen molar-refractivity contribution in [3.63, 3.8) is 0 Å². The fourth-order valence-corrected chi connectivity index (χ4v) is 3.48. The van der Waals surface area contributed by atoms with Crippen LogP contribution in [0.3, 0.4) is 0 Å². The Labute approximate surface area is 126 Å². The second-order valence-corrected chi connectivity index (χ2v) is 6.59. The van der Waals surface area contributed by atoms with Gasteiger partial charge in [-0.25, -0.2) is 0 Å². The highest BCUT2D eigenvalue weighted by Gasteiger charge is 2.29. The van der Waals surface area contributed by atoms with Gasteiger partial charge in [-0.05, 0) is 43.2 Å². The summed E-state index contributed by atoms with van der Waals surface area (Å²) in [6.45, 7) is 6.76. The van der Waals surface area contributed by atoms with Gasteiger partial charge in [0.25, 0.3) is 5.91 Å². The van der Waals surface area contributed by atoms with Crippen LogP contribution in [0.4, 0.5) is 11.4 Å². The Morgan fingerprint density at radius 1 is 1.29 bits per heavy atom. The molecule has 2 unspecified atom stereocenters. The van der Waals surface area contributed by atoms with Crippen molar-refractivity contribution in [1.29, 1.82) is 0 Å². The van der Waals surface area contributed by atoms with Gasteiger partial charge in [-0.3, -0.25) is 4.79 Å². The first-order chi connectivity index (χ1) is 10.1. The molecular formula is C17H24N2O2. The second-order valence-electron chi connectivity index (χ2n) is 6.59. The first kappa shape index (κ1) is 14.4. The van der Waals surface area contributed by atoms with Gasteiger partial charge in [0.15, 0.2) is 6.10 Å². The number of aliphatic hydroxyl groups is 1. The van der Waals surface area contributed by atoms with Crippen LogP contribution in [0.5, 0.6) is 0 Å². The van der Waals surface area contributed by atoms with Crippen molar-refractivity contribution >= 4 is 17.3 Å². The molecule has 2 N–H and O–H groups in total. The third kappa shape index (κ3) is 2.77. The normalized spacial score (nSPS) is 25.7. The van der Waals surface area contributed by atoms with Crippen molar-refractivity contribution < 1.29 is 9.90 Å². The first-order valence-electron chi connectivity index (χ1n) is 7.94. The lowest BCUT2D eigenvalue weighted by Gasteiger charge is -2.24. The molecule has 3 rings (SSSR count). The van der Waals surface area contributed by atoms with Crippen LogP contribution >= 0.6 is 0 Å². The molecule has 2 heterocycles. The van der Waals surface area contributed by atoms with Crippen molar-refractivity contribution in [2.45, 2.75) is 39.2 Å². The number of aliphatic hydroxyl groups excluding tert-OH is 1. The number of nitrogens with one attached hydrogen (secondary N) is 1. The van der Waals surface area contributed by atoms with Crippen molar-refractivity contribution in [2.75, 3.05) is 23.3 Å². The van der Waals surface area contributed by atoms with Crippen LogP contribution in [-0.4, -0.2) is 24.1 Å². The van der Waals surface area contributed by atoms with E-state index in [2.05, 4.69) is 24.1 Å². The molecule has 1 fully saturated rings. The summed E-state index contributed by atoms with van der Waals surface area (Å²) in [5.74, 6) is 1.24. The zero-order chi connectivity index (χ0) is 15.0. The minimum absolute atomic E-state index is 0.321. The van der Waals surface area contributed by atoms with Crippen LogP contribution in [0.15, 0.2) is 18.2 Å². The molecular weight excluding hydrogens is 264 g/mol. The van der Waals surface area contributed by atoms with Gasteiger partial charge >= 0.3 is 0 Å². The molecule has 0 radical (unpaired) electrons. The number of rotatable bonds is 2. The number of carbonyl (C=O) groups is 1. The second kappa shape index (κ2) is 5.68. The quantitative estimate of drug-likeness (QED) is 0.879. The average Bonchev–Trinajstić information content (AvgIpc) is 2.67. The summed E-state index contributed by atoms with van der Waals surface area (Å²) in [4.78, 5) is 13.9. The molecule has 0 aliphatic carbocycles. The van der Waals surface area contributed by atoms with E-state index in [0.29, 0.717) is 5.56 Å². The SMILES string of the molecule is CC(C)C1CCCN(c2ccc3c(c2)NC(=O)C3O)CC1. The fraction of sp³-hybridized carbons (Fsp3) is 0.588. The molecule has 1 amide bonds. The predicted octanol–water partition coefficient (Wildman–Crippen LogP) is 2.93. The molecule has 0 bridgehead atoms. The highest BCUT2D eigenvalue weighted by atomic mass is 16.3. The number of nitrogens with zero attached hydrogens (tertiary/aromatic N) is 1. The Hall–Kier alpha value is -1.55. The van der Waals surface area contributed by atoms with Crippen LogP contribution in [-0.2, 0) is 4.79 Å².